The minimum atomic E-state index is 0.903. The second-order valence-electron chi connectivity index (χ2n) is 3.71. The molecule has 0 saturated heterocycles. The zero-order valence-corrected chi connectivity index (χ0v) is 10.6. The van der Waals surface area contributed by atoms with E-state index in [1.807, 2.05) is 19.4 Å². The topological polar surface area (TPSA) is 42.7 Å². The zero-order chi connectivity index (χ0) is 11.5. The summed E-state index contributed by atoms with van der Waals surface area (Å²) in [6.07, 6.45) is 3.85. The van der Waals surface area contributed by atoms with Crippen molar-refractivity contribution >= 4 is 11.3 Å². The van der Waals surface area contributed by atoms with Crippen LogP contribution in [-0.4, -0.2) is 21.3 Å². The molecular weight excluding hydrogens is 220 g/mol. The first-order chi connectivity index (χ1) is 7.70. The van der Waals surface area contributed by atoms with Crippen molar-refractivity contribution < 1.29 is 0 Å². The van der Waals surface area contributed by atoms with Crippen LogP contribution in [0.15, 0.2) is 12.4 Å². The van der Waals surface area contributed by atoms with E-state index in [2.05, 4.69) is 29.2 Å². The Morgan fingerprint density at radius 3 is 2.94 bits per heavy atom. The van der Waals surface area contributed by atoms with E-state index in [-0.39, 0.29) is 0 Å². The van der Waals surface area contributed by atoms with Crippen LogP contribution >= 0.6 is 11.3 Å². The molecule has 2 heterocycles. The van der Waals surface area contributed by atoms with E-state index in [0.717, 1.165) is 29.4 Å². The molecule has 16 heavy (non-hydrogen) atoms. The zero-order valence-electron chi connectivity index (χ0n) is 9.82. The minimum Gasteiger partial charge on any atom is -0.312 e. The van der Waals surface area contributed by atoms with E-state index in [9.17, 15) is 0 Å². The SMILES string of the molecule is CCNCc1sc(-c2cnn(C)c2)nc1C. The Labute approximate surface area is 99.3 Å². The van der Waals surface area contributed by atoms with Gasteiger partial charge in [-0.05, 0) is 13.5 Å². The molecule has 1 N–H and O–H groups in total. The third kappa shape index (κ3) is 2.31. The third-order valence-corrected chi connectivity index (χ3v) is 3.59. The van der Waals surface area contributed by atoms with Gasteiger partial charge in [-0.2, -0.15) is 5.10 Å². The molecule has 0 saturated carbocycles. The number of rotatable bonds is 4. The summed E-state index contributed by atoms with van der Waals surface area (Å²) in [5, 5.41) is 8.54. The van der Waals surface area contributed by atoms with Gasteiger partial charge in [-0.3, -0.25) is 4.68 Å². The van der Waals surface area contributed by atoms with Gasteiger partial charge in [0.15, 0.2) is 0 Å². The highest BCUT2D eigenvalue weighted by atomic mass is 32.1. The van der Waals surface area contributed by atoms with Crippen molar-refractivity contribution in [2.24, 2.45) is 7.05 Å². The highest BCUT2D eigenvalue weighted by molar-refractivity contribution is 7.15. The molecule has 0 spiro atoms. The van der Waals surface area contributed by atoms with Crippen molar-refractivity contribution in [2.45, 2.75) is 20.4 Å². The molecule has 5 heteroatoms. The Balaban J connectivity index is 2.23. The van der Waals surface area contributed by atoms with Gasteiger partial charge < -0.3 is 5.32 Å². The standard InChI is InChI=1S/C11H16N4S/c1-4-12-6-10-8(2)14-11(16-10)9-5-13-15(3)7-9/h5,7,12H,4,6H2,1-3H3. The molecule has 0 aliphatic heterocycles. The van der Waals surface area contributed by atoms with E-state index >= 15 is 0 Å². The Bertz CT molecular complexity index is 472. The average Bonchev–Trinajstić information content (AvgIpc) is 2.82. The normalized spacial score (nSPS) is 10.9. The van der Waals surface area contributed by atoms with Crippen molar-refractivity contribution in [1.29, 1.82) is 0 Å². The minimum absolute atomic E-state index is 0.903. The summed E-state index contributed by atoms with van der Waals surface area (Å²) >= 11 is 1.74. The van der Waals surface area contributed by atoms with Gasteiger partial charge in [-0.1, -0.05) is 6.92 Å². The van der Waals surface area contributed by atoms with Crippen LogP contribution in [0.3, 0.4) is 0 Å². The number of nitrogens with zero attached hydrogens (tertiary/aromatic N) is 3. The number of nitrogens with one attached hydrogen (secondary N) is 1. The third-order valence-electron chi connectivity index (χ3n) is 2.38. The molecule has 86 valence electrons. The molecule has 0 fully saturated rings. The summed E-state index contributed by atoms with van der Waals surface area (Å²) in [5.41, 5.74) is 2.21. The summed E-state index contributed by atoms with van der Waals surface area (Å²) in [4.78, 5) is 5.88. The van der Waals surface area contributed by atoms with Crippen LogP contribution in [0.4, 0.5) is 0 Å². The largest absolute Gasteiger partial charge is 0.312 e. The second-order valence-corrected chi connectivity index (χ2v) is 4.79. The van der Waals surface area contributed by atoms with Crippen LogP contribution in [0.25, 0.3) is 10.6 Å². The van der Waals surface area contributed by atoms with Crippen molar-refractivity contribution in [3.8, 4) is 10.6 Å². The molecule has 0 radical (unpaired) electrons. The lowest BCUT2D eigenvalue weighted by molar-refractivity contribution is 0.731. The monoisotopic (exact) mass is 236 g/mol. The lowest BCUT2D eigenvalue weighted by Gasteiger charge is -1.97. The average molecular weight is 236 g/mol. The summed E-state index contributed by atoms with van der Waals surface area (Å²) in [6, 6.07) is 0. The molecule has 0 aliphatic carbocycles. The maximum absolute atomic E-state index is 4.57. The number of thiazole rings is 1. The molecular formula is C11H16N4S. The van der Waals surface area contributed by atoms with E-state index in [0.29, 0.717) is 0 Å². The fourth-order valence-electron chi connectivity index (χ4n) is 1.49. The molecule has 2 rings (SSSR count). The summed E-state index contributed by atoms with van der Waals surface area (Å²) in [5.74, 6) is 0. The van der Waals surface area contributed by atoms with Crippen LogP contribution in [0.5, 0.6) is 0 Å². The Hall–Kier alpha value is -1.20. The Morgan fingerprint density at radius 1 is 1.50 bits per heavy atom. The van der Waals surface area contributed by atoms with Gasteiger partial charge in [-0.15, -0.1) is 11.3 Å². The first-order valence-electron chi connectivity index (χ1n) is 5.36. The number of aryl methyl sites for hydroxylation is 2. The Morgan fingerprint density at radius 2 is 2.31 bits per heavy atom. The van der Waals surface area contributed by atoms with E-state index < -0.39 is 0 Å². The molecule has 2 aromatic heterocycles. The fourth-order valence-corrected chi connectivity index (χ4v) is 2.49. The molecule has 0 aromatic carbocycles. The molecule has 4 nitrogen and oxygen atoms in total. The summed E-state index contributed by atoms with van der Waals surface area (Å²) in [7, 11) is 1.92. The van der Waals surface area contributed by atoms with Gasteiger partial charge in [0.05, 0.1) is 11.9 Å². The van der Waals surface area contributed by atoms with Crippen LogP contribution in [-0.2, 0) is 13.6 Å². The Kier molecular flexibility index (Phi) is 3.36. The fraction of sp³-hybridized carbons (Fsp3) is 0.455. The van der Waals surface area contributed by atoms with Gasteiger partial charge in [-0.25, -0.2) is 4.98 Å². The van der Waals surface area contributed by atoms with Crippen molar-refractivity contribution in [2.75, 3.05) is 6.54 Å². The maximum atomic E-state index is 4.57. The van der Waals surface area contributed by atoms with Crippen molar-refractivity contribution in [1.82, 2.24) is 20.1 Å². The predicted octanol–water partition coefficient (Wildman–Crippen LogP) is 1.96. The second kappa shape index (κ2) is 4.76. The number of aromatic nitrogens is 3. The highest BCUT2D eigenvalue weighted by Gasteiger charge is 2.09. The first-order valence-corrected chi connectivity index (χ1v) is 6.18. The lowest BCUT2D eigenvalue weighted by Crippen LogP contribution is -2.11. The molecule has 2 aromatic rings. The van der Waals surface area contributed by atoms with Gasteiger partial charge in [0, 0.05) is 30.2 Å². The van der Waals surface area contributed by atoms with Crippen molar-refractivity contribution in [3.63, 3.8) is 0 Å². The molecule has 0 amide bonds. The smallest absolute Gasteiger partial charge is 0.127 e. The van der Waals surface area contributed by atoms with Crippen LogP contribution in [0.2, 0.25) is 0 Å². The van der Waals surface area contributed by atoms with E-state index in [1.165, 1.54) is 4.88 Å². The summed E-state index contributed by atoms with van der Waals surface area (Å²) < 4.78 is 1.80. The maximum Gasteiger partial charge on any atom is 0.127 e. The van der Waals surface area contributed by atoms with Gasteiger partial charge in [0.25, 0.3) is 0 Å². The number of hydrogen-bond acceptors (Lipinski definition) is 4. The van der Waals surface area contributed by atoms with Gasteiger partial charge in [0.1, 0.15) is 5.01 Å². The van der Waals surface area contributed by atoms with Crippen LogP contribution in [0.1, 0.15) is 17.5 Å². The van der Waals surface area contributed by atoms with Gasteiger partial charge >= 0.3 is 0 Å². The van der Waals surface area contributed by atoms with Gasteiger partial charge in [0.2, 0.25) is 0 Å². The molecule has 0 unspecified atom stereocenters. The van der Waals surface area contributed by atoms with E-state index in [4.69, 9.17) is 0 Å². The number of hydrogen-bond donors (Lipinski definition) is 1. The molecule has 0 bridgehead atoms. The predicted molar refractivity (Wildman–Crippen MR) is 66.4 cm³/mol. The lowest BCUT2D eigenvalue weighted by atomic mass is 10.3. The van der Waals surface area contributed by atoms with E-state index in [1.54, 1.807) is 16.0 Å². The quantitative estimate of drug-likeness (QED) is 0.882. The molecule has 0 aliphatic rings. The van der Waals surface area contributed by atoms with Crippen LogP contribution < -0.4 is 5.32 Å². The summed E-state index contributed by atoms with van der Waals surface area (Å²) in [6.45, 7) is 6.06. The van der Waals surface area contributed by atoms with Crippen molar-refractivity contribution in [3.05, 3.63) is 23.0 Å². The highest BCUT2D eigenvalue weighted by Crippen LogP contribution is 2.27. The first kappa shape index (κ1) is 11.3. The molecule has 0 atom stereocenters. The van der Waals surface area contributed by atoms with Crippen LogP contribution in [0, 0.1) is 6.92 Å².